The minimum absolute atomic E-state index is 0.101. The first-order valence-corrected chi connectivity index (χ1v) is 10.0. The molecule has 0 radical (unpaired) electrons. The van der Waals surface area contributed by atoms with Gasteiger partial charge in [-0.25, -0.2) is 9.78 Å². The van der Waals surface area contributed by atoms with Crippen LogP contribution in [0.4, 0.5) is 5.69 Å². The Hall–Kier alpha value is -2.65. The van der Waals surface area contributed by atoms with E-state index in [-0.39, 0.29) is 23.3 Å². The summed E-state index contributed by atoms with van der Waals surface area (Å²) in [5.41, 5.74) is 1.46. The zero-order chi connectivity index (χ0) is 19.8. The summed E-state index contributed by atoms with van der Waals surface area (Å²) in [7, 11) is 0. The number of nitrogens with zero attached hydrogens (tertiary/aromatic N) is 2. The molecule has 3 heterocycles. The number of rotatable bonds is 3. The second-order valence-electron chi connectivity index (χ2n) is 6.20. The van der Waals surface area contributed by atoms with Crippen LogP contribution in [0.25, 0.3) is 5.65 Å². The second kappa shape index (κ2) is 7.40. The maximum absolute atomic E-state index is 12.4. The number of aromatic nitrogens is 2. The number of hydrogen-bond acceptors (Lipinski definition) is 6. The Morgan fingerprint density at radius 2 is 2.11 bits per heavy atom. The molecule has 0 spiro atoms. The molecule has 3 aromatic rings. The largest absolute Gasteiger partial charge is 0.456 e. The van der Waals surface area contributed by atoms with Gasteiger partial charge in [-0.2, -0.15) is 0 Å². The van der Waals surface area contributed by atoms with E-state index in [9.17, 15) is 14.4 Å². The van der Waals surface area contributed by atoms with Crippen molar-refractivity contribution in [3.05, 3.63) is 68.7 Å². The van der Waals surface area contributed by atoms with E-state index in [1.807, 2.05) is 6.92 Å². The number of benzene rings is 1. The number of nitrogens with one attached hydrogen (secondary N) is 1. The van der Waals surface area contributed by atoms with Gasteiger partial charge in [0, 0.05) is 21.6 Å². The molecule has 1 N–H and O–H groups in total. The lowest BCUT2D eigenvalue weighted by Crippen LogP contribution is -2.26. The maximum Gasteiger partial charge on any atom is 0.338 e. The first-order chi connectivity index (χ1) is 13.4. The summed E-state index contributed by atoms with van der Waals surface area (Å²) < 4.78 is 7.46. The molecule has 1 amide bonds. The zero-order valence-electron chi connectivity index (χ0n) is 14.6. The molecule has 1 atom stereocenters. The van der Waals surface area contributed by atoms with E-state index in [1.165, 1.54) is 22.2 Å². The molecule has 9 heteroatoms. The fraction of sp³-hybridized carbons (Fsp3) is 0.158. The van der Waals surface area contributed by atoms with Gasteiger partial charge in [0.15, 0.2) is 0 Å². The van der Waals surface area contributed by atoms with Crippen molar-refractivity contribution in [1.29, 1.82) is 0 Å². The standard InChI is InChI=1S/C19H14BrN3O4S/c1-10-18(25)22-14-6-11(2-4-15(14)28-10)19(26)27-9-13-7-17(24)23-8-12(20)3-5-16(23)21-13/h2-8,10H,9H2,1H3,(H,22,25). The molecule has 142 valence electrons. The predicted molar refractivity (Wildman–Crippen MR) is 109 cm³/mol. The van der Waals surface area contributed by atoms with E-state index in [0.29, 0.717) is 22.6 Å². The fourth-order valence-electron chi connectivity index (χ4n) is 2.76. The number of esters is 1. The van der Waals surface area contributed by atoms with Gasteiger partial charge < -0.3 is 10.1 Å². The molecule has 28 heavy (non-hydrogen) atoms. The molecular formula is C19H14BrN3O4S. The summed E-state index contributed by atoms with van der Waals surface area (Å²) in [6, 6.07) is 9.83. The highest BCUT2D eigenvalue weighted by atomic mass is 79.9. The van der Waals surface area contributed by atoms with E-state index in [0.717, 1.165) is 9.37 Å². The van der Waals surface area contributed by atoms with E-state index in [1.54, 1.807) is 36.5 Å². The molecule has 0 saturated heterocycles. The highest BCUT2D eigenvalue weighted by molar-refractivity contribution is 9.10. The Labute approximate surface area is 172 Å². The van der Waals surface area contributed by atoms with E-state index in [4.69, 9.17) is 4.74 Å². The van der Waals surface area contributed by atoms with Crippen molar-refractivity contribution >= 4 is 50.9 Å². The third-order valence-corrected chi connectivity index (χ3v) is 5.82. The van der Waals surface area contributed by atoms with Crippen LogP contribution in [-0.4, -0.2) is 26.5 Å². The summed E-state index contributed by atoms with van der Waals surface area (Å²) in [6.45, 7) is 1.69. The number of thioether (sulfide) groups is 1. The van der Waals surface area contributed by atoms with Crippen LogP contribution in [0.3, 0.4) is 0 Å². The first-order valence-electron chi connectivity index (χ1n) is 8.37. The van der Waals surface area contributed by atoms with Gasteiger partial charge >= 0.3 is 5.97 Å². The van der Waals surface area contributed by atoms with Gasteiger partial charge in [0.05, 0.1) is 22.2 Å². The quantitative estimate of drug-likeness (QED) is 0.604. The molecule has 1 aromatic carbocycles. The number of carbonyl (C=O) groups excluding carboxylic acids is 2. The molecule has 0 saturated carbocycles. The molecule has 1 unspecified atom stereocenters. The number of carbonyl (C=O) groups is 2. The van der Waals surface area contributed by atoms with Gasteiger partial charge in [-0.3, -0.25) is 14.0 Å². The van der Waals surface area contributed by atoms with Gasteiger partial charge in [0.25, 0.3) is 5.56 Å². The van der Waals surface area contributed by atoms with Crippen LogP contribution in [0.15, 0.2) is 56.8 Å². The monoisotopic (exact) mass is 459 g/mol. The highest BCUT2D eigenvalue weighted by Gasteiger charge is 2.24. The van der Waals surface area contributed by atoms with Crippen LogP contribution >= 0.6 is 27.7 Å². The lowest BCUT2D eigenvalue weighted by atomic mass is 10.2. The lowest BCUT2D eigenvalue weighted by molar-refractivity contribution is -0.115. The van der Waals surface area contributed by atoms with Crippen molar-refractivity contribution in [2.75, 3.05) is 5.32 Å². The molecule has 7 nitrogen and oxygen atoms in total. The highest BCUT2D eigenvalue weighted by Crippen LogP contribution is 2.36. The Morgan fingerprint density at radius 1 is 1.29 bits per heavy atom. The number of amides is 1. The van der Waals surface area contributed by atoms with Crippen molar-refractivity contribution in [3.8, 4) is 0 Å². The average molecular weight is 460 g/mol. The number of halogens is 1. The number of pyridine rings is 1. The molecule has 2 aromatic heterocycles. The van der Waals surface area contributed by atoms with Crippen molar-refractivity contribution in [3.63, 3.8) is 0 Å². The van der Waals surface area contributed by atoms with Crippen LogP contribution in [0.5, 0.6) is 0 Å². The number of anilines is 1. The number of ether oxygens (including phenoxy) is 1. The van der Waals surface area contributed by atoms with E-state index >= 15 is 0 Å². The van der Waals surface area contributed by atoms with Crippen LogP contribution in [0, 0.1) is 0 Å². The van der Waals surface area contributed by atoms with Crippen molar-refractivity contribution in [2.45, 2.75) is 23.7 Å². The molecule has 0 fully saturated rings. The van der Waals surface area contributed by atoms with Crippen molar-refractivity contribution in [2.24, 2.45) is 0 Å². The predicted octanol–water partition coefficient (Wildman–Crippen LogP) is 3.25. The second-order valence-corrected chi connectivity index (χ2v) is 8.50. The summed E-state index contributed by atoms with van der Waals surface area (Å²) in [4.78, 5) is 41.6. The summed E-state index contributed by atoms with van der Waals surface area (Å²) in [5, 5.41) is 2.61. The van der Waals surface area contributed by atoms with Crippen LogP contribution in [-0.2, 0) is 16.1 Å². The Bertz CT molecular complexity index is 1180. The SMILES string of the molecule is CC1Sc2ccc(C(=O)OCc3cc(=O)n4cc(Br)ccc4n3)cc2NC1=O. The van der Waals surface area contributed by atoms with Crippen LogP contribution in [0.2, 0.25) is 0 Å². The minimum Gasteiger partial charge on any atom is -0.456 e. The third-order valence-electron chi connectivity index (χ3n) is 4.17. The Kier molecular flexibility index (Phi) is 4.94. The van der Waals surface area contributed by atoms with Gasteiger partial charge in [0.1, 0.15) is 12.3 Å². The van der Waals surface area contributed by atoms with Gasteiger partial charge in [-0.05, 0) is 53.2 Å². The van der Waals surface area contributed by atoms with Gasteiger partial charge in [-0.1, -0.05) is 0 Å². The van der Waals surface area contributed by atoms with Crippen molar-refractivity contribution < 1.29 is 14.3 Å². The van der Waals surface area contributed by atoms with E-state index in [2.05, 4.69) is 26.2 Å². The Morgan fingerprint density at radius 3 is 2.93 bits per heavy atom. The maximum atomic E-state index is 12.4. The number of hydrogen-bond donors (Lipinski definition) is 1. The summed E-state index contributed by atoms with van der Waals surface area (Å²) >= 11 is 4.75. The topological polar surface area (TPSA) is 89.8 Å². The molecule has 0 bridgehead atoms. The summed E-state index contributed by atoms with van der Waals surface area (Å²) in [5.74, 6) is -0.658. The smallest absolute Gasteiger partial charge is 0.338 e. The fourth-order valence-corrected chi connectivity index (χ4v) is 4.03. The molecule has 1 aliphatic rings. The average Bonchev–Trinajstić information content (AvgIpc) is 2.67. The van der Waals surface area contributed by atoms with Crippen LogP contribution in [0.1, 0.15) is 23.0 Å². The molecular weight excluding hydrogens is 446 g/mol. The lowest BCUT2D eigenvalue weighted by Gasteiger charge is -2.21. The van der Waals surface area contributed by atoms with Gasteiger partial charge in [-0.15, -0.1) is 11.8 Å². The third kappa shape index (κ3) is 3.67. The van der Waals surface area contributed by atoms with Crippen LogP contribution < -0.4 is 10.9 Å². The minimum atomic E-state index is -0.557. The number of fused-ring (bicyclic) bond motifs is 2. The van der Waals surface area contributed by atoms with E-state index < -0.39 is 5.97 Å². The first kappa shape index (κ1) is 18.7. The zero-order valence-corrected chi connectivity index (χ0v) is 17.0. The normalized spacial score (nSPS) is 15.8. The molecule has 0 aliphatic carbocycles. The van der Waals surface area contributed by atoms with Gasteiger partial charge in [0.2, 0.25) is 5.91 Å². The molecule has 1 aliphatic heterocycles. The summed E-state index contributed by atoms with van der Waals surface area (Å²) in [6.07, 6.45) is 1.63. The van der Waals surface area contributed by atoms with Crippen molar-refractivity contribution in [1.82, 2.24) is 9.38 Å². The molecule has 4 rings (SSSR count). The Balaban J connectivity index is 1.51.